The van der Waals surface area contributed by atoms with E-state index in [0.29, 0.717) is 16.4 Å². The maximum Gasteiger partial charge on any atom is 0.251 e. The Hall–Kier alpha value is -3.24. The maximum absolute atomic E-state index is 12.6. The number of aryl methyl sites for hydroxylation is 1. The van der Waals surface area contributed by atoms with E-state index in [-0.39, 0.29) is 23.6 Å². The van der Waals surface area contributed by atoms with Gasteiger partial charge in [-0.2, -0.15) is 0 Å². The molecule has 1 atom stereocenters. The van der Waals surface area contributed by atoms with Crippen LogP contribution in [0.25, 0.3) is 0 Å². The van der Waals surface area contributed by atoms with Gasteiger partial charge in [-0.25, -0.2) is 4.68 Å². The van der Waals surface area contributed by atoms with Crippen LogP contribution in [0.5, 0.6) is 0 Å². The molecule has 32 heavy (non-hydrogen) atoms. The number of carbonyl (C=O) groups is 2. The minimum atomic E-state index is -0.167. The van der Waals surface area contributed by atoms with Crippen LogP contribution in [-0.4, -0.2) is 61.8 Å². The van der Waals surface area contributed by atoms with Crippen LogP contribution < -0.4 is 10.6 Å². The second-order valence-corrected chi connectivity index (χ2v) is 8.62. The van der Waals surface area contributed by atoms with Crippen LogP contribution in [0.15, 0.2) is 59.8 Å². The Kier molecular flexibility index (Phi) is 7.13. The third-order valence-electron chi connectivity index (χ3n) is 5.20. The zero-order chi connectivity index (χ0) is 22.3. The molecule has 0 spiro atoms. The van der Waals surface area contributed by atoms with Gasteiger partial charge in [-0.05, 0) is 46.7 Å². The lowest BCUT2D eigenvalue weighted by Gasteiger charge is -2.17. The first-order chi connectivity index (χ1) is 15.6. The largest absolute Gasteiger partial charge is 0.348 e. The molecule has 1 aliphatic heterocycles. The fraction of sp³-hybridized carbons (Fsp3) is 0.318. The minimum absolute atomic E-state index is 0.0974. The molecular weight excluding hydrogens is 426 g/mol. The summed E-state index contributed by atoms with van der Waals surface area (Å²) in [6.45, 7) is 2.70. The smallest absolute Gasteiger partial charge is 0.251 e. The lowest BCUT2D eigenvalue weighted by molar-refractivity contribution is -0.113. The summed E-state index contributed by atoms with van der Waals surface area (Å²) in [6.07, 6.45) is 0.936. The molecule has 1 unspecified atom stereocenters. The van der Waals surface area contributed by atoms with Crippen molar-refractivity contribution in [2.75, 3.05) is 24.2 Å². The van der Waals surface area contributed by atoms with E-state index in [9.17, 15) is 9.59 Å². The van der Waals surface area contributed by atoms with E-state index >= 15 is 0 Å². The summed E-state index contributed by atoms with van der Waals surface area (Å²) < 4.78 is 1.51. The molecule has 0 aliphatic carbocycles. The van der Waals surface area contributed by atoms with Crippen LogP contribution in [0.1, 0.15) is 22.3 Å². The standard InChI is InChI=1S/C22H25N7O2S/c1-28-22(25-26-27-28)32-15-20(30)23-18-9-7-17(8-10-18)21(31)24-19-11-12-29(14-19)13-16-5-3-2-4-6-16/h2-10,19H,11-15H2,1H3,(H,23,30)(H,24,31). The molecule has 0 bridgehead atoms. The zero-order valence-corrected chi connectivity index (χ0v) is 18.6. The molecule has 2 amide bonds. The Morgan fingerprint density at radius 2 is 1.91 bits per heavy atom. The molecule has 3 aromatic rings. The highest BCUT2D eigenvalue weighted by Crippen LogP contribution is 2.16. The molecule has 10 heteroatoms. The number of benzene rings is 2. The number of tetrazole rings is 1. The first-order valence-corrected chi connectivity index (χ1v) is 11.4. The fourth-order valence-corrected chi connectivity index (χ4v) is 4.23. The lowest BCUT2D eigenvalue weighted by atomic mass is 10.1. The van der Waals surface area contributed by atoms with Gasteiger partial charge in [0.1, 0.15) is 0 Å². The topological polar surface area (TPSA) is 105 Å². The highest BCUT2D eigenvalue weighted by atomic mass is 32.2. The number of likely N-dealkylation sites (tertiary alicyclic amines) is 1. The Morgan fingerprint density at radius 1 is 1.12 bits per heavy atom. The van der Waals surface area contributed by atoms with Crippen LogP contribution in [0, 0.1) is 0 Å². The van der Waals surface area contributed by atoms with Crippen LogP contribution in [-0.2, 0) is 18.4 Å². The Balaban J connectivity index is 1.22. The van der Waals surface area contributed by atoms with E-state index < -0.39 is 0 Å². The van der Waals surface area contributed by atoms with Crippen molar-refractivity contribution in [2.24, 2.45) is 7.05 Å². The molecule has 166 valence electrons. The number of hydrogen-bond donors (Lipinski definition) is 2. The summed E-state index contributed by atoms with van der Waals surface area (Å²) in [5.74, 6) is -0.0723. The van der Waals surface area contributed by atoms with Crippen molar-refractivity contribution < 1.29 is 9.59 Å². The first kappa shape index (κ1) is 22.0. The second kappa shape index (κ2) is 10.4. The summed E-state index contributed by atoms with van der Waals surface area (Å²) in [4.78, 5) is 27.1. The Labute approximate surface area is 190 Å². The quantitative estimate of drug-likeness (QED) is 0.504. The van der Waals surface area contributed by atoms with Crippen molar-refractivity contribution >= 4 is 29.3 Å². The van der Waals surface area contributed by atoms with Gasteiger partial charge < -0.3 is 10.6 Å². The molecule has 2 N–H and O–H groups in total. The molecule has 1 aliphatic rings. The van der Waals surface area contributed by atoms with Crippen LogP contribution in [0.2, 0.25) is 0 Å². The second-order valence-electron chi connectivity index (χ2n) is 7.68. The van der Waals surface area contributed by atoms with E-state index in [1.54, 1.807) is 31.3 Å². The molecule has 2 heterocycles. The number of nitrogens with one attached hydrogen (secondary N) is 2. The van der Waals surface area contributed by atoms with Crippen molar-refractivity contribution in [2.45, 2.75) is 24.2 Å². The molecule has 0 saturated carbocycles. The lowest BCUT2D eigenvalue weighted by Crippen LogP contribution is -2.37. The van der Waals surface area contributed by atoms with Gasteiger partial charge in [-0.15, -0.1) is 5.10 Å². The number of anilines is 1. The van der Waals surface area contributed by atoms with Gasteiger partial charge in [-0.1, -0.05) is 42.1 Å². The molecule has 9 nitrogen and oxygen atoms in total. The van der Waals surface area contributed by atoms with Gasteiger partial charge in [0.05, 0.1) is 5.75 Å². The van der Waals surface area contributed by atoms with E-state index in [4.69, 9.17) is 0 Å². The van der Waals surface area contributed by atoms with Gasteiger partial charge in [0.25, 0.3) is 5.91 Å². The number of hydrogen-bond acceptors (Lipinski definition) is 7. The van der Waals surface area contributed by atoms with E-state index in [2.05, 4.69) is 43.2 Å². The maximum atomic E-state index is 12.6. The predicted molar refractivity (Wildman–Crippen MR) is 122 cm³/mol. The van der Waals surface area contributed by atoms with E-state index in [1.165, 1.54) is 22.0 Å². The normalized spacial score (nSPS) is 16.1. The number of aromatic nitrogens is 4. The SMILES string of the molecule is Cn1nnnc1SCC(=O)Nc1ccc(C(=O)NC2CCN(Cc3ccccc3)C2)cc1. The van der Waals surface area contributed by atoms with Gasteiger partial charge in [0.15, 0.2) is 0 Å². The number of nitrogens with zero attached hydrogens (tertiary/aromatic N) is 5. The molecule has 1 saturated heterocycles. The highest BCUT2D eigenvalue weighted by Gasteiger charge is 2.24. The van der Waals surface area contributed by atoms with Crippen molar-refractivity contribution in [3.05, 3.63) is 65.7 Å². The molecule has 2 aromatic carbocycles. The first-order valence-electron chi connectivity index (χ1n) is 10.4. The summed E-state index contributed by atoms with van der Waals surface area (Å²) in [5.41, 5.74) is 2.49. The molecule has 1 aromatic heterocycles. The third-order valence-corrected chi connectivity index (χ3v) is 6.21. The number of amides is 2. The van der Waals surface area contributed by atoms with Crippen molar-refractivity contribution in [1.29, 1.82) is 0 Å². The van der Waals surface area contributed by atoms with Crippen LogP contribution in [0.3, 0.4) is 0 Å². The average Bonchev–Trinajstić information content (AvgIpc) is 3.41. The Morgan fingerprint density at radius 3 is 2.62 bits per heavy atom. The number of rotatable bonds is 8. The summed E-state index contributed by atoms with van der Waals surface area (Å²) in [6, 6.07) is 17.4. The van der Waals surface area contributed by atoms with Crippen molar-refractivity contribution in [3.63, 3.8) is 0 Å². The molecule has 4 rings (SSSR count). The van der Waals surface area contributed by atoms with E-state index in [0.717, 1.165) is 26.1 Å². The molecule has 0 radical (unpaired) electrons. The minimum Gasteiger partial charge on any atom is -0.348 e. The predicted octanol–water partition coefficient (Wildman–Crippen LogP) is 1.95. The summed E-state index contributed by atoms with van der Waals surface area (Å²) in [7, 11) is 1.72. The van der Waals surface area contributed by atoms with Crippen molar-refractivity contribution in [1.82, 2.24) is 30.4 Å². The highest BCUT2D eigenvalue weighted by molar-refractivity contribution is 7.99. The van der Waals surface area contributed by atoms with Crippen LogP contribution >= 0.6 is 11.8 Å². The van der Waals surface area contributed by atoms with Gasteiger partial charge in [0.2, 0.25) is 11.1 Å². The van der Waals surface area contributed by atoms with Gasteiger partial charge in [-0.3, -0.25) is 14.5 Å². The summed E-state index contributed by atoms with van der Waals surface area (Å²) >= 11 is 1.25. The average molecular weight is 452 g/mol. The Bertz CT molecular complexity index is 1060. The van der Waals surface area contributed by atoms with Crippen LogP contribution in [0.4, 0.5) is 5.69 Å². The fourth-order valence-electron chi connectivity index (χ4n) is 3.58. The monoisotopic (exact) mass is 451 g/mol. The number of carbonyl (C=O) groups excluding carboxylic acids is 2. The van der Waals surface area contributed by atoms with Gasteiger partial charge >= 0.3 is 0 Å². The van der Waals surface area contributed by atoms with E-state index in [1.807, 2.05) is 18.2 Å². The van der Waals surface area contributed by atoms with Crippen molar-refractivity contribution in [3.8, 4) is 0 Å². The third kappa shape index (κ3) is 5.92. The van der Waals surface area contributed by atoms with Gasteiger partial charge in [0, 0.05) is 44.0 Å². The zero-order valence-electron chi connectivity index (χ0n) is 17.8. The molecule has 1 fully saturated rings. The number of thioether (sulfide) groups is 1. The summed E-state index contributed by atoms with van der Waals surface area (Å²) in [5, 5.41) is 17.6. The molecular formula is C22H25N7O2S.